The van der Waals surface area contributed by atoms with Crippen molar-refractivity contribution in [3.05, 3.63) is 58.6 Å². The van der Waals surface area contributed by atoms with Crippen molar-refractivity contribution in [2.24, 2.45) is 5.16 Å². The minimum atomic E-state index is -1.14. The number of piperidine rings is 1. The van der Waals surface area contributed by atoms with E-state index in [1.54, 1.807) is 6.07 Å². The summed E-state index contributed by atoms with van der Waals surface area (Å²) in [4.78, 5) is 16.3. The van der Waals surface area contributed by atoms with E-state index in [0.717, 1.165) is 42.8 Å². The van der Waals surface area contributed by atoms with Gasteiger partial charge in [-0.2, -0.15) is 0 Å². The van der Waals surface area contributed by atoms with E-state index in [9.17, 15) is 4.79 Å². The molecular formula is C22H22Cl3N3O3. The van der Waals surface area contributed by atoms with Crippen LogP contribution in [0, 0.1) is 0 Å². The summed E-state index contributed by atoms with van der Waals surface area (Å²) in [6, 6.07) is 12.9. The van der Waals surface area contributed by atoms with Crippen LogP contribution in [0.1, 0.15) is 36.5 Å². The maximum Gasteiger partial charge on any atom is 0.257 e. The number of alkyl halides is 2. The van der Waals surface area contributed by atoms with Gasteiger partial charge in [0.2, 0.25) is 0 Å². The Hall–Kier alpha value is -1.99. The Morgan fingerprint density at radius 3 is 2.87 bits per heavy atom. The highest BCUT2D eigenvalue weighted by Crippen LogP contribution is 2.36. The van der Waals surface area contributed by atoms with Crippen LogP contribution in [0.5, 0.6) is 5.75 Å². The van der Waals surface area contributed by atoms with Gasteiger partial charge < -0.3 is 20.2 Å². The molecule has 4 rings (SSSR count). The van der Waals surface area contributed by atoms with Gasteiger partial charge in [-0.1, -0.05) is 58.2 Å². The Morgan fingerprint density at radius 2 is 2.10 bits per heavy atom. The third-order valence-corrected chi connectivity index (χ3v) is 5.91. The lowest BCUT2D eigenvalue weighted by Gasteiger charge is -2.25. The first-order valence-electron chi connectivity index (χ1n) is 10.1. The molecule has 0 aliphatic carbocycles. The highest BCUT2D eigenvalue weighted by atomic mass is 35.5. The van der Waals surface area contributed by atoms with E-state index in [-0.39, 0.29) is 12.2 Å². The quantitative estimate of drug-likeness (QED) is 0.563. The van der Waals surface area contributed by atoms with E-state index in [0.29, 0.717) is 22.9 Å². The van der Waals surface area contributed by atoms with Crippen molar-refractivity contribution in [2.75, 3.05) is 18.4 Å². The number of nitrogens with one attached hydrogen (secondary N) is 2. The molecule has 2 aliphatic rings. The molecule has 9 heteroatoms. The highest BCUT2D eigenvalue weighted by Gasteiger charge is 2.28. The second kappa shape index (κ2) is 10.1. The standard InChI is InChI=1S/C22H22Cl3N3O3/c23-16-7-2-8-18(30-15-6-3-9-26-12-15)20(16)17-11-19(31-28-17)13-4-1-5-14(10-13)27-22(29)21(24)25/h1-2,4-5,7-8,10,15,19,21,26H,3,6,9,11-12H2,(H,27,29). The number of oxime groups is 1. The largest absolute Gasteiger partial charge is 0.488 e. The summed E-state index contributed by atoms with van der Waals surface area (Å²) >= 11 is 17.8. The van der Waals surface area contributed by atoms with Gasteiger partial charge in [-0.3, -0.25) is 4.79 Å². The molecule has 2 N–H and O–H groups in total. The summed E-state index contributed by atoms with van der Waals surface area (Å²) in [5.74, 6) is 0.223. The topological polar surface area (TPSA) is 72.0 Å². The summed E-state index contributed by atoms with van der Waals surface area (Å²) < 4.78 is 6.25. The lowest BCUT2D eigenvalue weighted by Crippen LogP contribution is -2.37. The monoisotopic (exact) mass is 481 g/mol. The first-order chi connectivity index (χ1) is 15.0. The first-order valence-corrected chi connectivity index (χ1v) is 11.3. The normalized spacial score (nSPS) is 20.8. The van der Waals surface area contributed by atoms with E-state index >= 15 is 0 Å². The highest BCUT2D eigenvalue weighted by molar-refractivity contribution is 6.54. The molecule has 31 heavy (non-hydrogen) atoms. The van der Waals surface area contributed by atoms with Crippen LogP contribution in [0.15, 0.2) is 47.6 Å². The van der Waals surface area contributed by atoms with Crippen LogP contribution in [0.3, 0.4) is 0 Å². The number of hydrogen-bond acceptors (Lipinski definition) is 5. The summed E-state index contributed by atoms with van der Waals surface area (Å²) in [5.41, 5.74) is 2.93. The average molecular weight is 483 g/mol. The van der Waals surface area contributed by atoms with Crippen LogP contribution in [0.2, 0.25) is 5.02 Å². The van der Waals surface area contributed by atoms with Crippen LogP contribution in [0.25, 0.3) is 0 Å². The van der Waals surface area contributed by atoms with Crippen LogP contribution in [-0.2, 0) is 9.63 Å². The number of benzene rings is 2. The SMILES string of the molecule is O=C(Nc1cccc(C2CC(c3c(Cl)cccc3OC3CCCNC3)=NO2)c1)C(Cl)Cl. The fourth-order valence-corrected chi connectivity index (χ4v) is 4.08. The van der Waals surface area contributed by atoms with Gasteiger partial charge in [0.15, 0.2) is 10.9 Å². The molecule has 6 nitrogen and oxygen atoms in total. The van der Waals surface area contributed by atoms with Crippen LogP contribution in [0.4, 0.5) is 5.69 Å². The number of carbonyl (C=O) groups excluding carboxylic acids is 1. The van der Waals surface area contributed by atoms with Gasteiger partial charge >= 0.3 is 0 Å². The van der Waals surface area contributed by atoms with Crippen molar-refractivity contribution in [3.8, 4) is 5.75 Å². The van der Waals surface area contributed by atoms with Crippen molar-refractivity contribution in [3.63, 3.8) is 0 Å². The number of carbonyl (C=O) groups is 1. The predicted molar refractivity (Wildman–Crippen MR) is 124 cm³/mol. The Morgan fingerprint density at radius 1 is 1.26 bits per heavy atom. The lowest BCUT2D eigenvalue weighted by atomic mass is 9.99. The lowest BCUT2D eigenvalue weighted by molar-refractivity contribution is -0.114. The zero-order valence-electron chi connectivity index (χ0n) is 16.6. The minimum Gasteiger partial charge on any atom is -0.488 e. The third kappa shape index (κ3) is 5.44. The maximum absolute atomic E-state index is 11.8. The minimum absolute atomic E-state index is 0.0951. The average Bonchev–Trinajstić information content (AvgIpc) is 3.24. The molecule has 1 saturated heterocycles. The Kier molecular flexibility index (Phi) is 7.23. The predicted octanol–water partition coefficient (Wildman–Crippen LogP) is 5.08. The number of ether oxygens (including phenoxy) is 1. The molecular weight excluding hydrogens is 461 g/mol. The number of halogens is 3. The van der Waals surface area contributed by atoms with Crippen molar-refractivity contribution in [2.45, 2.75) is 36.3 Å². The van der Waals surface area contributed by atoms with Gasteiger partial charge in [-0.15, -0.1) is 0 Å². The summed E-state index contributed by atoms with van der Waals surface area (Å²) in [6.07, 6.45) is 2.38. The molecule has 2 aliphatic heterocycles. The van der Waals surface area contributed by atoms with Gasteiger partial charge in [-0.05, 0) is 49.2 Å². The molecule has 0 saturated carbocycles. The van der Waals surface area contributed by atoms with E-state index in [1.165, 1.54) is 0 Å². The third-order valence-electron chi connectivity index (χ3n) is 5.20. The van der Waals surface area contributed by atoms with Crippen molar-refractivity contribution in [1.29, 1.82) is 0 Å². The molecule has 2 heterocycles. The van der Waals surface area contributed by atoms with Crippen LogP contribution < -0.4 is 15.4 Å². The van der Waals surface area contributed by atoms with Gasteiger partial charge in [0, 0.05) is 18.7 Å². The summed E-state index contributed by atoms with van der Waals surface area (Å²) in [5, 5.41) is 10.9. The van der Waals surface area contributed by atoms with Crippen molar-refractivity contribution >= 4 is 52.1 Å². The molecule has 2 aromatic rings. The van der Waals surface area contributed by atoms with Gasteiger partial charge in [0.25, 0.3) is 5.91 Å². The Labute approximate surface area is 195 Å². The molecule has 0 bridgehead atoms. The molecule has 164 valence electrons. The Balaban J connectivity index is 1.50. The molecule has 0 aromatic heterocycles. The molecule has 2 aromatic carbocycles. The first kappa shape index (κ1) is 22.2. The van der Waals surface area contributed by atoms with Crippen molar-refractivity contribution < 1.29 is 14.4 Å². The summed E-state index contributed by atoms with van der Waals surface area (Å²) in [6.45, 7) is 1.82. The Bertz CT molecular complexity index is 977. The maximum atomic E-state index is 11.8. The zero-order chi connectivity index (χ0) is 21.8. The number of nitrogens with zero attached hydrogens (tertiary/aromatic N) is 1. The zero-order valence-corrected chi connectivity index (χ0v) is 18.9. The second-order valence-corrected chi connectivity index (χ2v) is 8.95. The smallest absolute Gasteiger partial charge is 0.257 e. The van der Waals surface area contributed by atoms with Gasteiger partial charge in [-0.25, -0.2) is 0 Å². The molecule has 0 spiro atoms. The molecule has 0 radical (unpaired) electrons. The van der Waals surface area contributed by atoms with Crippen LogP contribution >= 0.6 is 34.8 Å². The second-order valence-electron chi connectivity index (χ2n) is 7.45. The molecule has 1 amide bonds. The van der Waals surface area contributed by atoms with E-state index < -0.39 is 10.7 Å². The molecule has 1 fully saturated rings. The number of amides is 1. The molecule has 2 unspecified atom stereocenters. The molecule has 2 atom stereocenters. The number of rotatable bonds is 6. The van der Waals surface area contributed by atoms with E-state index in [2.05, 4.69) is 15.8 Å². The summed E-state index contributed by atoms with van der Waals surface area (Å²) in [7, 11) is 0. The number of hydrogen-bond donors (Lipinski definition) is 2. The van der Waals surface area contributed by atoms with Gasteiger partial charge in [0.1, 0.15) is 11.9 Å². The van der Waals surface area contributed by atoms with E-state index in [4.69, 9.17) is 44.4 Å². The van der Waals surface area contributed by atoms with Gasteiger partial charge in [0.05, 0.1) is 16.3 Å². The van der Waals surface area contributed by atoms with E-state index in [1.807, 2.05) is 36.4 Å². The van der Waals surface area contributed by atoms with Crippen LogP contribution in [-0.4, -0.2) is 35.6 Å². The van der Waals surface area contributed by atoms with Crippen molar-refractivity contribution in [1.82, 2.24) is 5.32 Å². The fourth-order valence-electron chi connectivity index (χ4n) is 3.70. The number of anilines is 1. The fraction of sp³-hybridized carbons (Fsp3) is 0.364.